The van der Waals surface area contributed by atoms with Crippen LogP contribution in [0.15, 0.2) is 30.6 Å². The summed E-state index contributed by atoms with van der Waals surface area (Å²) >= 11 is 0. The lowest BCUT2D eigenvalue weighted by Crippen LogP contribution is -2.30. The Bertz CT molecular complexity index is 1150. The molecule has 3 aromatic rings. The normalized spacial score (nSPS) is 19.1. The van der Waals surface area contributed by atoms with Crippen LogP contribution in [0.5, 0.6) is 5.75 Å². The van der Waals surface area contributed by atoms with Crippen molar-refractivity contribution < 1.29 is 24.1 Å². The fourth-order valence-electron chi connectivity index (χ4n) is 4.05. The highest BCUT2D eigenvalue weighted by Crippen LogP contribution is 2.38. The van der Waals surface area contributed by atoms with Gasteiger partial charge in [0.2, 0.25) is 5.91 Å². The molecule has 1 aliphatic rings. The summed E-state index contributed by atoms with van der Waals surface area (Å²) in [5.74, 6) is 0.938. The molecule has 4 rings (SSSR count). The van der Waals surface area contributed by atoms with Crippen molar-refractivity contribution in [3.63, 3.8) is 0 Å². The number of hydrogen-bond donors (Lipinski definition) is 2. The van der Waals surface area contributed by atoms with Gasteiger partial charge in [-0.1, -0.05) is 0 Å². The third-order valence-electron chi connectivity index (χ3n) is 5.90. The molecule has 176 valence electrons. The van der Waals surface area contributed by atoms with Gasteiger partial charge < -0.3 is 29.2 Å². The van der Waals surface area contributed by atoms with Crippen molar-refractivity contribution >= 4 is 22.6 Å². The van der Waals surface area contributed by atoms with E-state index in [0.29, 0.717) is 49.9 Å². The Morgan fingerprint density at radius 1 is 1.39 bits per heavy atom. The van der Waals surface area contributed by atoms with Crippen LogP contribution in [0.1, 0.15) is 32.4 Å². The average molecular weight is 455 g/mol. The summed E-state index contributed by atoms with van der Waals surface area (Å²) in [4.78, 5) is 20.8. The van der Waals surface area contributed by atoms with E-state index in [1.54, 1.807) is 20.2 Å². The molecule has 2 N–H and O–H groups in total. The quantitative estimate of drug-likeness (QED) is 0.539. The van der Waals surface area contributed by atoms with E-state index in [2.05, 4.69) is 10.3 Å². The zero-order valence-corrected chi connectivity index (χ0v) is 19.4. The number of nitrogens with zero attached hydrogens (tertiary/aromatic N) is 3. The van der Waals surface area contributed by atoms with Crippen molar-refractivity contribution in [2.75, 3.05) is 32.2 Å². The Kier molecular flexibility index (Phi) is 6.64. The number of aliphatic hydroxyl groups excluding tert-OH is 1. The first kappa shape index (κ1) is 23.2. The zero-order chi connectivity index (χ0) is 23.6. The first-order valence-corrected chi connectivity index (χ1v) is 11.0. The van der Waals surface area contributed by atoms with Gasteiger partial charge in [-0.15, -0.1) is 0 Å². The molecule has 3 aromatic heterocycles. The van der Waals surface area contributed by atoms with Crippen LogP contribution in [0.25, 0.3) is 22.2 Å². The second-order valence-electron chi connectivity index (χ2n) is 8.48. The van der Waals surface area contributed by atoms with Crippen LogP contribution in [0.4, 0.5) is 5.82 Å². The van der Waals surface area contributed by atoms with Crippen LogP contribution in [0.2, 0.25) is 0 Å². The van der Waals surface area contributed by atoms with E-state index in [4.69, 9.17) is 19.2 Å². The van der Waals surface area contributed by atoms with E-state index in [1.807, 2.05) is 36.0 Å². The molecule has 0 aromatic carbocycles. The molecule has 0 aliphatic carbocycles. The number of carbonyl (C=O) groups is 1. The largest absolute Gasteiger partial charge is 0.493 e. The summed E-state index contributed by atoms with van der Waals surface area (Å²) in [6, 6.07) is 5.62. The van der Waals surface area contributed by atoms with Crippen LogP contribution >= 0.6 is 0 Å². The van der Waals surface area contributed by atoms with E-state index < -0.39 is 11.7 Å². The lowest BCUT2D eigenvalue weighted by atomic mass is 9.96. The van der Waals surface area contributed by atoms with Gasteiger partial charge in [0, 0.05) is 69.8 Å². The molecule has 2 atom stereocenters. The lowest BCUT2D eigenvalue weighted by Gasteiger charge is -2.26. The van der Waals surface area contributed by atoms with Gasteiger partial charge in [0.25, 0.3) is 0 Å². The van der Waals surface area contributed by atoms with Crippen molar-refractivity contribution in [1.82, 2.24) is 14.5 Å². The Morgan fingerprint density at radius 3 is 2.88 bits per heavy atom. The number of hydrogen-bond acceptors (Lipinski definition) is 7. The van der Waals surface area contributed by atoms with Crippen molar-refractivity contribution in [3.05, 3.63) is 36.3 Å². The number of nitrogens with one attached hydrogen (secondary N) is 1. The minimum absolute atomic E-state index is 0.184. The van der Waals surface area contributed by atoms with Gasteiger partial charge in [-0.2, -0.15) is 0 Å². The van der Waals surface area contributed by atoms with E-state index in [9.17, 15) is 9.90 Å². The number of anilines is 1. The number of aryl methyl sites for hydroxylation is 1. The van der Waals surface area contributed by atoms with E-state index in [1.165, 1.54) is 6.92 Å². The fraction of sp³-hybridized carbons (Fsp3) is 0.458. The van der Waals surface area contributed by atoms with Gasteiger partial charge in [-0.25, -0.2) is 9.97 Å². The van der Waals surface area contributed by atoms with Crippen molar-refractivity contribution in [1.29, 1.82) is 0 Å². The zero-order valence-electron chi connectivity index (χ0n) is 19.4. The summed E-state index contributed by atoms with van der Waals surface area (Å²) in [5, 5.41) is 13.3. The smallest absolute Gasteiger partial charge is 0.222 e. The molecule has 9 heteroatoms. The number of carbonyl (C=O) groups excluding carboxylic acids is 1. The third-order valence-corrected chi connectivity index (χ3v) is 5.90. The fourth-order valence-corrected chi connectivity index (χ4v) is 4.05. The summed E-state index contributed by atoms with van der Waals surface area (Å²) in [5.41, 5.74) is 2.60. The number of methoxy groups -OCH3 is 1. The van der Waals surface area contributed by atoms with Crippen LogP contribution < -0.4 is 10.1 Å². The minimum Gasteiger partial charge on any atom is -0.493 e. The number of ether oxygens (including phenoxy) is 3. The maximum atomic E-state index is 11.5. The Hall–Kier alpha value is -3.01. The predicted octanol–water partition coefficient (Wildman–Crippen LogP) is 3.01. The van der Waals surface area contributed by atoms with Crippen LogP contribution in [-0.4, -0.2) is 58.6 Å². The first-order chi connectivity index (χ1) is 15.8. The molecular weight excluding hydrogens is 424 g/mol. The van der Waals surface area contributed by atoms with Crippen LogP contribution in [0, 0.1) is 0 Å². The lowest BCUT2D eigenvalue weighted by molar-refractivity contribution is -0.114. The van der Waals surface area contributed by atoms with Crippen LogP contribution in [-0.2, 0) is 26.9 Å². The Balaban J connectivity index is 1.82. The highest BCUT2D eigenvalue weighted by molar-refractivity contribution is 5.98. The van der Waals surface area contributed by atoms with Crippen molar-refractivity contribution in [2.24, 2.45) is 7.05 Å². The molecule has 1 aliphatic heterocycles. The molecule has 4 heterocycles. The molecule has 33 heavy (non-hydrogen) atoms. The molecule has 0 saturated carbocycles. The van der Waals surface area contributed by atoms with Gasteiger partial charge in [-0.05, 0) is 13.0 Å². The number of aliphatic hydroxyl groups is 1. The SMILES string of the molecule is CO[C@@]1(c2cc(OCCC(C)O)cc(-c3cn(C)c4cnc(NC(C)=O)cc34)n2)CCOC1. The Labute approximate surface area is 192 Å². The molecule has 1 unspecified atom stereocenters. The standard InChI is InChI=1S/C24H30N4O5/c1-15(29)5-7-33-17-9-20(27-22(10-17)24(31-4)6-8-32-14-24)19-13-28(3)21-12-25-23(11-18(19)21)26-16(2)30/h9-13,15,29H,5-8,14H2,1-4H3,(H,25,26,30)/t15?,24-/m0/s1. The summed E-state index contributed by atoms with van der Waals surface area (Å²) in [6.07, 6.45) is 4.48. The topological polar surface area (TPSA) is 108 Å². The number of fused-ring (bicyclic) bond motifs is 1. The van der Waals surface area contributed by atoms with Crippen molar-refractivity contribution in [2.45, 2.75) is 38.4 Å². The van der Waals surface area contributed by atoms with Gasteiger partial charge in [-0.3, -0.25) is 4.79 Å². The van der Waals surface area contributed by atoms with E-state index in [-0.39, 0.29) is 5.91 Å². The van der Waals surface area contributed by atoms with Gasteiger partial charge in [0.1, 0.15) is 17.2 Å². The summed E-state index contributed by atoms with van der Waals surface area (Å²) in [7, 11) is 3.61. The average Bonchev–Trinajstić information content (AvgIpc) is 3.38. The number of aromatic nitrogens is 3. The maximum absolute atomic E-state index is 11.5. The second-order valence-corrected chi connectivity index (χ2v) is 8.48. The highest BCUT2D eigenvalue weighted by Gasteiger charge is 2.39. The molecule has 1 saturated heterocycles. The number of rotatable bonds is 8. The van der Waals surface area contributed by atoms with Gasteiger partial charge >= 0.3 is 0 Å². The van der Waals surface area contributed by atoms with E-state index in [0.717, 1.165) is 22.2 Å². The number of pyridine rings is 2. The molecule has 0 radical (unpaired) electrons. The summed E-state index contributed by atoms with van der Waals surface area (Å²) < 4.78 is 19.5. The molecule has 1 amide bonds. The van der Waals surface area contributed by atoms with Gasteiger partial charge in [0.15, 0.2) is 0 Å². The van der Waals surface area contributed by atoms with Crippen molar-refractivity contribution in [3.8, 4) is 17.0 Å². The number of amides is 1. The molecule has 0 bridgehead atoms. The third kappa shape index (κ3) is 4.85. The van der Waals surface area contributed by atoms with Crippen LogP contribution in [0.3, 0.4) is 0 Å². The molecule has 0 spiro atoms. The van der Waals surface area contributed by atoms with E-state index >= 15 is 0 Å². The molecular formula is C24H30N4O5. The predicted molar refractivity (Wildman–Crippen MR) is 124 cm³/mol. The Morgan fingerprint density at radius 2 is 2.21 bits per heavy atom. The molecule has 1 fully saturated rings. The second kappa shape index (κ2) is 9.46. The first-order valence-electron chi connectivity index (χ1n) is 11.0. The highest BCUT2D eigenvalue weighted by atomic mass is 16.5. The maximum Gasteiger partial charge on any atom is 0.222 e. The molecule has 9 nitrogen and oxygen atoms in total. The minimum atomic E-state index is -0.647. The summed E-state index contributed by atoms with van der Waals surface area (Å²) in [6.45, 7) is 4.58. The van der Waals surface area contributed by atoms with Gasteiger partial charge in [0.05, 0.1) is 42.4 Å². The monoisotopic (exact) mass is 454 g/mol.